The van der Waals surface area contributed by atoms with Gasteiger partial charge in [-0.25, -0.2) is 18.5 Å². The molecule has 1 aromatic heterocycles. The maximum atomic E-state index is 10.6. The molecule has 0 bridgehead atoms. The summed E-state index contributed by atoms with van der Waals surface area (Å²) >= 11 is 0. The van der Waals surface area contributed by atoms with Crippen LogP contribution >= 0.6 is 0 Å². The van der Waals surface area contributed by atoms with Gasteiger partial charge < -0.3 is 5.32 Å². The van der Waals surface area contributed by atoms with E-state index >= 15 is 0 Å². The van der Waals surface area contributed by atoms with Crippen molar-refractivity contribution in [1.29, 1.82) is 0 Å². The Morgan fingerprint density at radius 2 is 2.20 bits per heavy atom. The summed E-state index contributed by atoms with van der Waals surface area (Å²) in [6, 6.07) is 5.63. The number of nitrogens with zero attached hydrogens (tertiary/aromatic N) is 1. The monoisotopic (exact) mass is 229 g/mol. The quantitative estimate of drug-likeness (QED) is 0.719. The van der Waals surface area contributed by atoms with E-state index in [0.29, 0.717) is 13.0 Å². The highest BCUT2D eigenvalue weighted by Crippen LogP contribution is 2.03. The van der Waals surface area contributed by atoms with Gasteiger partial charge in [-0.15, -0.1) is 0 Å². The average Bonchev–Trinajstić information content (AvgIpc) is 2.11. The SMILES string of the molecule is Cc1cccc(NCCCS(N)(=O)=O)n1. The molecule has 0 aliphatic carbocycles. The van der Waals surface area contributed by atoms with Gasteiger partial charge in [0.15, 0.2) is 0 Å². The highest BCUT2D eigenvalue weighted by molar-refractivity contribution is 7.89. The van der Waals surface area contributed by atoms with Gasteiger partial charge in [0.1, 0.15) is 5.82 Å². The van der Waals surface area contributed by atoms with Crippen molar-refractivity contribution in [1.82, 2.24) is 4.98 Å². The van der Waals surface area contributed by atoms with E-state index in [1.54, 1.807) is 0 Å². The normalized spacial score (nSPS) is 11.3. The zero-order chi connectivity index (χ0) is 11.3. The van der Waals surface area contributed by atoms with Crippen LogP contribution in [0.1, 0.15) is 12.1 Å². The second-order valence-electron chi connectivity index (χ2n) is 3.31. The Hall–Kier alpha value is -1.14. The summed E-state index contributed by atoms with van der Waals surface area (Å²) in [4.78, 5) is 4.22. The third-order valence-corrected chi connectivity index (χ3v) is 2.66. The molecule has 0 amide bonds. The Morgan fingerprint density at radius 3 is 2.80 bits per heavy atom. The number of hydrogen-bond donors (Lipinski definition) is 2. The van der Waals surface area contributed by atoms with Crippen molar-refractivity contribution in [2.75, 3.05) is 17.6 Å². The van der Waals surface area contributed by atoms with Crippen LogP contribution in [0.5, 0.6) is 0 Å². The maximum absolute atomic E-state index is 10.6. The van der Waals surface area contributed by atoms with Crippen molar-refractivity contribution in [2.24, 2.45) is 5.14 Å². The van der Waals surface area contributed by atoms with Crippen molar-refractivity contribution in [3.05, 3.63) is 23.9 Å². The Labute approximate surface area is 89.8 Å². The molecule has 1 heterocycles. The van der Waals surface area contributed by atoms with Crippen LogP contribution < -0.4 is 10.5 Å². The number of primary sulfonamides is 1. The summed E-state index contributed by atoms with van der Waals surface area (Å²) in [6.45, 7) is 2.45. The third-order valence-electron chi connectivity index (χ3n) is 1.80. The second-order valence-corrected chi connectivity index (χ2v) is 5.05. The van der Waals surface area contributed by atoms with Crippen LogP contribution in [-0.4, -0.2) is 25.7 Å². The van der Waals surface area contributed by atoms with E-state index in [2.05, 4.69) is 10.3 Å². The molecule has 84 valence electrons. The van der Waals surface area contributed by atoms with E-state index in [9.17, 15) is 8.42 Å². The second kappa shape index (κ2) is 5.09. The summed E-state index contributed by atoms with van der Waals surface area (Å²) in [7, 11) is -3.35. The van der Waals surface area contributed by atoms with Crippen LogP contribution in [-0.2, 0) is 10.0 Å². The average molecular weight is 229 g/mol. The first-order valence-electron chi connectivity index (χ1n) is 4.65. The lowest BCUT2D eigenvalue weighted by Gasteiger charge is -2.05. The Morgan fingerprint density at radius 1 is 1.47 bits per heavy atom. The van der Waals surface area contributed by atoms with Gasteiger partial charge in [-0.2, -0.15) is 0 Å². The number of hydrogen-bond acceptors (Lipinski definition) is 4. The first-order chi connectivity index (χ1) is 6.97. The van der Waals surface area contributed by atoms with Gasteiger partial charge in [0.05, 0.1) is 5.75 Å². The standard InChI is InChI=1S/C9H15N3O2S/c1-8-4-2-5-9(12-8)11-6-3-7-15(10,13)14/h2,4-5H,3,6-7H2,1H3,(H,11,12)(H2,10,13,14). The summed E-state index contributed by atoms with van der Waals surface area (Å²) in [5, 5.41) is 7.89. The zero-order valence-electron chi connectivity index (χ0n) is 8.60. The highest BCUT2D eigenvalue weighted by atomic mass is 32.2. The summed E-state index contributed by atoms with van der Waals surface area (Å²) < 4.78 is 21.3. The maximum Gasteiger partial charge on any atom is 0.209 e. The van der Waals surface area contributed by atoms with E-state index < -0.39 is 10.0 Å². The lowest BCUT2D eigenvalue weighted by Crippen LogP contribution is -2.18. The fourth-order valence-corrected chi connectivity index (χ4v) is 1.68. The van der Waals surface area contributed by atoms with Crippen molar-refractivity contribution in [3.63, 3.8) is 0 Å². The number of aromatic nitrogens is 1. The minimum absolute atomic E-state index is 0.00812. The molecule has 15 heavy (non-hydrogen) atoms. The van der Waals surface area contributed by atoms with Crippen LogP contribution in [0.25, 0.3) is 0 Å². The molecule has 0 unspecified atom stereocenters. The Bertz CT molecular complexity index is 417. The van der Waals surface area contributed by atoms with Gasteiger partial charge in [0.25, 0.3) is 0 Å². The van der Waals surface area contributed by atoms with Crippen molar-refractivity contribution in [2.45, 2.75) is 13.3 Å². The molecule has 5 nitrogen and oxygen atoms in total. The Balaban J connectivity index is 2.32. The zero-order valence-corrected chi connectivity index (χ0v) is 9.42. The molecule has 0 saturated heterocycles. The predicted octanol–water partition coefficient (Wildman–Crippen LogP) is 0.481. The molecule has 0 aliphatic rings. The van der Waals surface area contributed by atoms with Gasteiger partial charge in [0, 0.05) is 12.2 Å². The molecule has 0 radical (unpaired) electrons. The largest absolute Gasteiger partial charge is 0.370 e. The minimum Gasteiger partial charge on any atom is -0.370 e. The van der Waals surface area contributed by atoms with Crippen LogP contribution in [0.4, 0.5) is 5.82 Å². The van der Waals surface area contributed by atoms with Crippen LogP contribution in [0.3, 0.4) is 0 Å². The molecular weight excluding hydrogens is 214 g/mol. The van der Waals surface area contributed by atoms with Crippen molar-refractivity contribution < 1.29 is 8.42 Å². The Kier molecular flexibility index (Phi) is 4.05. The van der Waals surface area contributed by atoms with E-state index in [-0.39, 0.29) is 5.75 Å². The number of aryl methyl sites for hydroxylation is 1. The van der Waals surface area contributed by atoms with E-state index in [1.807, 2.05) is 25.1 Å². The molecule has 0 aromatic carbocycles. The summed E-state index contributed by atoms with van der Waals surface area (Å²) in [5.41, 5.74) is 0.923. The highest BCUT2D eigenvalue weighted by Gasteiger charge is 2.01. The van der Waals surface area contributed by atoms with Crippen molar-refractivity contribution >= 4 is 15.8 Å². The number of anilines is 1. The summed E-state index contributed by atoms with van der Waals surface area (Å²) in [6.07, 6.45) is 0.481. The van der Waals surface area contributed by atoms with Crippen LogP contribution in [0.15, 0.2) is 18.2 Å². The molecule has 0 fully saturated rings. The van der Waals surface area contributed by atoms with Gasteiger partial charge in [-0.1, -0.05) is 6.07 Å². The van der Waals surface area contributed by atoms with Gasteiger partial charge in [-0.3, -0.25) is 0 Å². The number of pyridine rings is 1. The minimum atomic E-state index is -3.35. The lowest BCUT2D eigenvalue weighted by atomic mass is 10.3. The molecule has 3 N–H and O–H groups in total. The van der Waals surface area contributed by atoms with Gasteiger partial charge >= 0.3 is 0 Å². The third kappa shape index (κ3) is 5.34. The number of nitrogens with one attached hydrogen (secondary N) is 1. The molecule has 1 aromatic rings. The van der Waals surface area contributed by atoms with Crippen molar-refractivity contribution in [3.8, 4) is 0 Å². The fourth-order valence-electron chi connectivity index (χ4n) is 1.13. The van der Waals surface area contributed by atoms with Gasteiger partial charge in [0.2, 0.25) is 10.0 Å². The molecular formula is C9H15N3O2S. The first kappa shape index (κ1) is 11.9. The summed E-state index contributed by atoms with van der Waals surface area (Å²) in [5.74, 6) is 0.746. The van der Waals surface area contributed by atoms with E-state index in [1.165, 1.54) is 0 Å². The van der Waals surface area contributed by atoms with Gasteiger partial charge in [-0.05, 0) is 25.5 Å². The predicted molar refractivity (Wildman–Crippen MR) is 60.1 cm³/mol. The van der Waals surface area contributed by atoms with Crippen LogP contribution in [0.2, 0.25) is 0 Å². The molecule has 6 heteroatoms. The van der Waals surface area contributed by atoms with E-state index in [0.717, 1.165) is 11.5 Å². The molecule has 0 saturated carbocycles. The van der Waals surface area contributed by atoms with E-state index in [4.69, 9.17) is 5.14 Å². The smallest absolute Gasteiger partial charge is 0.209 e. The first-order valence-corrected chi connectivity index (χ1v) is 6.37. The number of sulfonamides is 1. The molecule has 1 rings (SSSR count). The number of rotatable bonds is 5. The topological polar surface area (TPSA) is 85.1 Å². The van der Waals surface area contributed by atoms with Crippen LogP contribution in [0, 0.1) is 6.92 Å². The lowest BCUT2D eigenvalue weighted by molar-refractivity contribution is 0.595. The molecule has 0 atom stereocenters. The molecule has 0 spiro atoms. The number of nitrogens with two attached hydrogens (primary N) is 1. The fraction of sp³-hybridized carbons (Fsp3) is 0.444. The molecule has 0 aliphatic heterocycles.